The predicted molar refractivity (Wildman–Crippen MR) is 194 cm³/mol. The molecule has 1 aromatic heterocycles. The van der Waals surface area contributed by atoms with Gasteiger partial charge in [-0.25, -0.2) is 9.13 Å². The van der Waals surface area contributed by atoms with Crippen molar-refractivity contribution >= 4 is 0 Å². The number of imidazole rings is 1. The van der Waals surface area contributed by atoms with Crippen LogP contribution in [-0.2, 0) is 14.1 Å². The van der Waals surface area contributed by atoms with Crippen molar-refractivity contribution in [1.82, 2.24) is 4.57 Å². The summed E-state index contributed by atoms with van der Waals surface area (Å²) in [5.74, 6) is 2.95. The van der Waals surface area contributed by atoms with E-state index in [1.807, 2.05) is 0 Å². The quantitative estimate of drug-likeness (QED) is 0.0616. The third-order valence-corrected chi connectivity index (χ3v) is 9.39. The van der Waals surface area contributed by atoms with Gasteiger partial charge in [0.15, 0.2) is 11.5 Å². The molecule has 0 amide bonds. The second-order valence-corrected chi connectivity index (χ2v) is 13.7. The molecule has 1 heterocycles. The molecule has 0 atom stereocenters. The van der Waals surface area contributed by atoms with Gasteiger partial charge in [-0.3, -0.25) is 0 Å². The first-order valence-corrected chi connectivity index (χ1v) is 19.6. The summed E-state index contributed by atoms with van der Waals surface area (Å²) in [4.78, 5) is 0. The summed E-state index contributed by atoms with van der Waals surface area (Å²) < 4.78 is 17.0. The van der Waals surface area contributed by atoms with Gasteiger partial charge in [-0.2, -0.15) is 0 Å². The monoisotopic (exact) mass is 626 g/mol. The average Bonchev–Trinajstić information content (AvgIpc) is 3.38. The molecule has 0 radical (unpaired) electrons. The van der Waals surface area contributed by atoms with Crippen molar-refractivity contribution in [3.8, 4) is 22.9 Å². The van der Waals surface area contributed by atoms with E-state index in [1.54, 1.807) is 0 Å². The van der Waals surface area contributed by atoms with E-state index in [-0.39, 0.29) is 0 Å². The molecule has 0 bridgehead atoms. The summed E-state index contributed by atoms with van der Waals surface area (Å²) in [6.07, 6.45) is 39.8. The molecule has 0 saturated heterocycles. The van der Waals surface area contributed by atoms with Gasteiger partial charge in [-0.05, 0) is 31.0 Å². The van der Waals surface area contributed by atoms with Crippen LogP contribution >= 0.6 is 0 Å². The Bertz CT molecular complexity index is 933. The van der Waals surface area contributed by atoms with Crippen LogP contribution in [0.2, 0.25) is 0 Å². The molecular formula is C41H73N2O2+. The van der Waals surface area contributed by atoms with Crippen LogP contribution in [0, 0.1) is 0 Å². The van der Waals surface area contributed by atoms with Crippen LogP contribution in [0.4, 0.5) is 0 Å². The van der Waals surface area contributed by atoms with Gasteiger partial charge in [0.1, 0.15) is 12.4 Å². The van der Waals surface area contributed by atoms with Crippen LogP contribution < -0.4 is 14.0 Å². The molecule has 2 aromatic rings. The fourth-order valence-corrected chi connectivity index (χ4v) is 6.48. The minimum Gasteiger partial charge on any atom is -0.490 e. The first-order valence-electron chi connectivity index (χ1n) is 19.6. The molecule has 0 fully saturated rings. The van der Waals surface area contributed by atoms with Crippen LogP contribution in [0.25, 0.3) is 11.4 Å². The Labute approximate surface area is 279 Å². The summed E-state index contributed by atoms with van der Waals surface area (Å²) in [6.45, 7) is 6.12. The minimum absolute atomic E-state index is 0.759. The molecule has 4 heteroatoms. The van der Waals surface area contributed by atoms with E-state index >= 15 is 0 Å². The van der Waals surface area contributed by atoms with Crippen molar-refractivity contribution in [2.75, 3.05) is 13.2 Å². The Hall–Kier alpha value is -1.97. The molecule has 0 saturated carbocycles. The molecule has 4 nitrogen and oxygen atoms in total. The zero-order valence-electron chi connectivity index (χ0n) is 30.4. The fraction of sp³-hybridized carbons (Fsp3) is 0.780. The van der Waals surface area contributed by atoms with Crippen molar-refractivity contribution in [3.63, 3.8) is 0 Å². The first kappa shape index (κ1) is 39.2. The number of hydrogen-bond donors (Lipinski definition) is 0. The normalized spacial score (nSPS) is 11.4. The Morgan fingerprint density at radius 3 is 1.27 bits per heavy atom. The zero-order chi connectivity index (χ0) is 32.2. The van der Waals surface area contributed by atoms with Crippen LogP contribution in [0.5, 0.6) is 11.5 Å². The van der Waals surface area contributed by atoms with Crippen molar-refractivity contribution in [2.24, 2.45) is 14.1 Å². The third kappa shape index (κ3) is 18.7. The number of unbranched alkanes of at least 4 members (excludes halogenated alkanes) is 24. The van der Waals surface area contributed by atoms with E-state index in [4.69, 9.17) is 9.47 Å². The molecule has 0 aliphatic heterocycles. The highest BCUT2D eigenvalue weighted by Crippen LogP contribution is 2.32. The smallest absolute Gasteiger partial charge is 0.288 e. The van der Waals surface area contributed by atoms with Gasteiger partial charge < -0.3 is 9.47 Å². The molecule has 1 aromatic carbocycles. The van der Waals surface area contributed by atoms with E-state index in [1.165, 1.54) is 165 Å². The Balaban J connectivity index is 1.64. The number of rotatable bonds is 31. The lowest BCUT2D eigenvalue weighted by Gasteiger charge is -2.14. The molecule has 0 N–H and O–H groups in total. The molecule has 2 rings (SSSR count). The predicted octanol–water partition coefficient (Wildman–Crippen LogP) is 12.5. The van der Waals surface area contributed by atoms with Gasteiger partial charge in [-0.15, -0.1) is 0 Å². The lowest BCUT2D eigenvalue weighted by atomic mass is 10.0. The van der Waals surface area contributed by atoms with Crippen molar-refractivity contribution in [3.05, 3.63) is 30.6 Å². The summed E-state index contributed by atoms with van der Waals surface area (Å²) in [6, 6.07) is 6.47. The van der Waals surface area contributed by atoms with Gasteiger partial charge in [-0.1, -0.05) is 168 Å². The summed E-state index contributed by atoms with van der Waals surface area (Å²) in [7, 11) is 4.20. The average molecular weight is 626 g/mol. The van der Waals surface area contributed by atoms with Gasteiger partial charge in [0.25, 0.3) is 5.82 Å². The third-order valence-electron chi connectivity index (χ3n) is 9.39. The zero-order valence-corrected chi connectivity index (χ0v) is 30.4. The van der Waals surface area contributed by atoms with Gasteiger partial charge in [0, 0.05) is 0 Å². The lowest BCUT2D eigenvalue weighted by molar-refractivity contribution is -0.659. The van der Waals surface area contributed by atoms with Gasteiger partial charge in [0.2, 0.25) is 0 Å². The maximum Gasteiger partial charge on any atom is 0.288 e. The number of ether oxygens (including phenoxy) is 2. The van der Waals surface area contributed by atoms with E-state index in [0.717, 1.165) is 37.6 Å². The number of aromatic nitrogens is 2. The van der Waals surface area contributed by atoms with Crippen molar-refractivity contribution < 1.29 is 14.0 Å². The summed E-state index contributed by atoms with van der Waals surface area (Å²) in [5.41, 5.74) is 1.17. The number of benzene rings is 1. The van der Waals surface area contributed by atoms with E-state index < -0.39 is 0 Å². The van der Waals surface area contributed by atoms with Crippen molar-refractivity contribution in [1.29, 1.82) is 0 Å². The Morgan fingerprint density at radius 1 is 0.511 bits per heavy atom. The highest BCUT2D eigenvalue weighted by atomic mass is 16.5. The molecule has 45 heavy (non-hydrogen) atoms. The molecule has 0 aliphatic carbocycles. The maximum absolute atomic E-state index is 6.38. The van der Waals surface area contributed by atoms with Crippen molar-refractivity contribution in [2.45, 2.75) is 181 Å². The highest BCUT2D eigenvalue weighted by molar-refractivity contribution is 5.59. The minimum atomic E-state index is 0.759. The second kappa shape index (κ2) is 27.2. The largest absolute Gasteiger partial charge is 0.490 e. The Morgan fingerprint density at radius 2 is 0.889 bits per heavy atom. The van der Waals surface area contributed by atoms with Gasteiger partial charge in [0.05, 0.1) is 32.9 Å². The number of hydrogen-bond acceptors (Lipinski definition) is 2. The molecule has 0 spiro atoms. The summed E-state index contributed by atoms with van der Waals surface area (Å²) in [5, 5.41) is 0. The van der Waals surface area contributed by atoms with E-state index in [9.17, 15) is 0 Å². The van der Waals surface area contributed by atoms with E-state index in [2.05, 4.69) is 67.7 Å². The van der Waals surface area contributed by atoms with Crippen LogP contribution in [0.3, 0.4) is 0 Å². The fourth-order valence-electron chi connectivity index (χ4n) is 6.48. The van der Waals surface area contributed by atoms with Crippen LogP contribution in [0.1, 0.15) is 181 Å². The molecular weight excluding hydrogens is 552 g/mol. The number of aryl methyl sites for hydroxylation is 2. The number of nitrogens with zero attached hydrogens (tertiary/aromatic N) is 2. The maximum atomic E-state index is 6.38. The topological polar surface area (TPSA) is 27.3 Å². The van der Waals surface area contributed by atoms with Crippen LogP contribution in [0.15, 0.2) is 30.6 Å². The van der Waals surface area contributed by atoms with Gasteiger partial charge >= 0.3 is 0 Å². The van der Waals surface area contributed by atoms with E-state index in [0.29, 0.717) is 0 Å². The molecule has 258 valence electrons. The molecule has 0 aliphatic rings. The van der Waals surface area contributed by atoms with Crippen LogP contribution in [-0.4, -0.2) is 17.8 Å². The molecule has 0 unspecified atom stereocenters. The Kier molecular flexibility index (Phi) is 23.7. The lowest BCUT2D eigenvalue weighted by Crippen LogP contribution is -2.28. The SMILES string of the molecule is CCCCCCCCCCCCCCCOc1ccc(-c2n(C)cc[n+]2C)cc1OCCCCCCCCCCCCCCC. The second-order valence-electron chi connectivity index (χ2n) is 13.7. The first-order chi connectivity index (χ1) is 22.2. The standard InChI is InChI=1S/C41H73N2O2/c1-5-7-9-11-13-15-17-19-21-23-25-27-29-35-44-39-32-31-38(41-42(3)33-34-43(41)4)37-40(39)45-36-30-28-26-24-22-20-18-16-14-12-10-8-6-2/h31-34,37H,5-30,35-36H2,1-4H3/q+1. The summed E-state index contributed by atoms with van der Waals surface area (Å²) >= 11 is 0. The highest BCUT2D eigenvalue weighted by Gasteiger charge is 2.17.